The van der Waals surface area contributed by atoms with E-state index in [2.05, 4.69) is 10.3 Å². The third kappa shape index (κ3) is 3.79. The molecule has 0 spiro atoms. The van der Waals surface area contributed by atoms with Crippen LogP contribution < -0.4 is 5.32 Å². The van der Waals surface area contributed by atoms with Crippen molar-refractivity contribution >= 4 is 28.8 Å². The molecule has 148 valence electrons. The molecule has 0 unspecified atom stereocenters. The van der Waals surface area contributed by atoms with E-state index in [-0.39, 0.29) is 11.8 Å². The number of hydrogen-bond acceptors (Lipinski definition) is 5. The number of amides is 2. The molecule has 1 aliphatic rings. The predicted molar refractivity (Wildman–Crippen MR) is 112 cm³/mol. The third-order valence-corrected chi connectivity index (χ3v) is 5.96. The van der Waals surface area contributed by atoms with E-state index in [0.717, 1.165) is 10.4 Å². The maximum atomic E-state index is 13.5. The Bertz CT molecular complexity index is 992. The zero-order valence-electron chi connectivity index (χ0n) is 15.9. The molecule has 0 bridgehead atoms. The van der Waals surface area contributed by atoms with Crippen molar-refractivity contribution in [2.24, 2.45) is 0 Å². The van der Waals surface area contributed by atoms with Gasteiger partial charge in [-0.3, -0.25) is 14.6 Å². The first kappa shape index (κ1) is 19.3. The molecule has 2 aromatic heterocycles. The number of methoxy groups -OCH3 is 1. The minimum Gasteiger partial charge on any atom is -0.383 e. The molecular weight excluding hydrogens is 386 g/mol. The Kier molecular flexibility index (Phi) is 5.69. The smallest absolute Gasteiger partial charge is 0.254 e. The molecule has 0 saturated carbocycles. The highest BCUT2D eigenvalue weighted by Gasteiger charge is 2.44. The Hall–Kier alpha value is -3.03. The summed E-state index contributed by atoms with van der Waals surface area (Å²) in [6, 6.07) is 14.4. The molecule has 1 aliphatic heterocycles. The average molecular weight is 407 g/mol. The molecule has 0 radical (unpaired) electrons. The number of anilines is 1. The lowest BCUT2D eigenvalue weighted by Crippen LogP contribution is -2.47. The lowest BCUT2D eigenvalue weighted by atomic mass is 9.81. The number of fused-ring (bicyclic) bond motifs is 1. The first-order chi connectivity index (χ1) is 14.2. The van der Waals surface area contributed by atoms with Gasteiger partial charge in [0.2, 0.25) is 5.91 Å². The van der Waals surface area contributed by atoms with Gasteiger partial charge in [0.25, 0.3) is 5.91 Å². The van der Waals surface area contributed by atoms with Gasteiger partial charge >= 0.3 is 0 Å². The van der Waals surface area contributed by atoms with Crippen molar-refractivity contribution < 1.29 is 14.3 Å². The topological polar surface area (TPSA) is 71.5 Å². The maximum Gasteiger partial charge on any atom is 0.254 e. The quantitative estimate of drug-likeness (QED) is 0.676. The largest absolute Gasteiger partial charge is 0.383 e. The number of hydrogen-bond donors (Lipinski definition) is 1. The number of aromatic nitrogens is 1. The number of benzene rings is 1. The van der Waals surface area contributed by atoms with E-state index >= 15 is 0 Å². The molecule has 2 atom stereocenters. The van der Waals surface area contributed by atoms with E-state index in [4.69, 9.17) is 4.74 Å². The van der Waals surface area contributed by atoms with E-state index < -0.39 is 12.0 Å². The molecule has 29 heavy (non-hydrogen) atoms. The summed E-state index contributed by atoms with van der Waals surface area (Å²) in [5.41, 5.74) is 1.92. The molecule has 6 nitrogen and oxygen atoms in total. The van der Waals surface area contributed by atoms with E-state index in [0.29, 0.717) is 24.4 Å². The fourth-order valence-electron chi connectivity index (χ4n) is 3.74. The summed E-state index contributed by atoms with van der Waals surface area (Å²) in [7, 11) is 1.61. The van der Waals surface area contributed by atoms with Crippen molar-refractivity contribution in [3.05, 3.63) is 82.3 Å². The van der Waals surface area contributed by atoms with Crippen LogP contribution in [-0.4, -0.2) is 42.0 Å². The Labute approximate surface area is 173 Å². The van der Waals surface area contributed by atoms with Crippen molar-refractivity contribution in [1.82, 2.24) is 9.88 Å². The maximum absolute atomic E-state index is 13.5. The summed E-state index contributed by atoms with van der Waals surface area (Å²) >= 11 is 1.54. The van der Waals surface area contributed by atoms with Crippen LogP contribution in [0.1, 0.15) is 32.8 Å². The van der Waals surface area contributed by atoms with Gasteiger partial charge in [-0.15, -0.1) is 11.3 Å². The number of pyridine rings is 1. The predicted octanol–water partition coefficient (Wildman–Crippen LogP) is 3.71. The summed E-state index contributed by atoms with van der Waals surface area (Å²) in [5.74, 6) is -0.792. The zero-order valence-corrected chi connectivity index (χ0v) is 16.8. The number of rotatable bonds is 6. The number of nitrogens with one attached hydrogen (secondary N) is 1. The van der Waals surface area contributed by atoms with E-state index in [9.17, 15) is 9.59 Å². The molecule has 3 heterocycles. The first-order valence-electron chi connectivity index (χ1n) is 9.34. The van der Waals surface area contributed by atoms with Gasteiger partial charge < -0.3 is 15.0 Å². The molecule has 2 amide bonds. The van der Waals surface area contributed by atoms with Gasteiger partial charge in [0.1, 0.15) is 0 Å². The lowest BCUT2D eigenvalue weighted by molar-refractivity contribution is -0.119. The molecule has 4 rings (SSSR count). The number of ether oxygens (including phenoxy) is 1. The minimum absolute atomic E-state index is 0.0820. The third-order valence-electron chi connectivity index (χ3n) is 5.02. The fourth-order valence-corrected chi connectivity index (χ4v) is 4.62. The van der Waals surface area contributed by atoms with Gasteiger partial charge in [-0.25, -0.2) is 0 Å². The van der Waals surface area contributed by atoms with Crippen molar-refractivity contribution in [2.75, 3.05) is 25.6 Å². The molecule has 7 heteroatoms. The second-order valence-electron chi connectivity index (χ2n) is 6.75. The van der Waals surface area contributed by atoms with Crippen molar-refractivity contribution in [3.63, 3.8) is 0 Å². The van der Waals surface area contributed by atoms with Crippen molar-refractivity contribution in [1.29, 1.82) is 0 Å². The summed E-state index contributed by atoms with van der Waals surface area (Å²) < 4.78 is 5.24. The van der Waals surface area contributed by atoms with Gasteiger partial charge in [-0.05, 0) is 35.2 Å². The summed E-state index contributed by atoms with van der Waals surface area (Å²) in [4.78, 5) is 33.5. The van der Waals surface area contributed by atoms with E-state index in [1.807, 2.05) is 35.7 Å². The molecule has 0 saturated heterocycles. The number of thiophene rings is 1. The van der Waals surface area contributed by atoms with Crippen LogP contribution in [0.15, 0.2) is 66.3 Å². The second kappa shape index (κ2) is 8.55. The lowest BCUT2D eigenvalue weighted by Gasteiger charge is -2.41. The molecule has 1 N–H and O–H groups in total. The first-order valence-corrected chi connectivity index (χ1v) is 10.2. The normalized spacial score (nSPS) is 18.4. The van der Waals surface area contributed by atoms with Gasteiger partial charge in [0, 0.05) is 30.3 Å². The molecule has 3 aromatic rings. The van der Waals surface area contributed by atoms with Crippen LogP contribution >= 0.6 is 11.3 Å². The molecule has 0 aliphatic carbocycles. The van der Waals surface area contributed by atoms with Crippen LogP contribution in [0.4, 0.5) is 5.69 Å². The monoisotopic (exact) mass is 407 g/mol. The number of carbonyl (C=O) groups excluding carboxylic acids is 2. The van der Waals surface area contributed by atoms with Crippen LogP contribution in [0.2, 0.25) is 0 Å². The van der Waals surface area contributed by atoms with E-state index in [1.54, 1.807) is 53.9 Å². The Morgan fingerprint density at radius 3 is 2.79 bits per heavy atom. The zero-order chi connectivity index (χ0) is 20.2. The molecular formula is C22H21N3O3S. The minimum atomic E-state index is -0.542. The van der Waals surface area contributed by atoms with Gasteiger partial charge in [0.05, 0.1) is 30.5 Å². The van der Waals surface area contributed by atoms with Crippen LogP contribution in [0.25, 0.3) is 0 Å². The van der Waals surface area contributed by atoms with Crippen LogP contribution in [0.5, 0.6) is 0 Å². The van der Waals surface area contributed by atoms with E-state index in [1.165, 1.54) is 0 Å². The summed E-state index contributed by atoms with van der Waals surface area (Å²) in [6.07, 6.45) is 3.27. The van der Waals surface area contributed by atoms with Crippen LogP contribution in [0, 0.1) is 0 Å². The summed E-state index contributed by atoms with van der Waals surface area (Å²) in [5, 5.41) is 4.93. The highest BCUT2D eigenvalue weighted by Crippen LogP contribution is 2.44. The number of carbonyl (C=O) groups is 2. The van der Waals surface area contributed by atoms with Gasteiger partial charge in [-0.1, -0.05) is 24.3 Å². The highest BCUT2D eigenvalue weighted by molar-refractivity contribution is 7.10. The fraction of sp³-hybridized carbons (Fsp3) is 0.227. The molecule has 1 aromatic carbocycles. The molecule has 0 fully saturated rings. The standard InChI is InChI=1S/C22H21N3O3S/c1-28-12-11-25-20(18-9-5-13-29-18)19(16-7-2-3-8-17(16)22(25)27)21(26)24-15-6-4-10-23-14-15/h2-10,13-14,19-20H,11-12H2,1H3,(H,24,26)/t19-,20-/m1/s1. The number of nitrogens with zero attached hydrogens (tertiary/aromatic N) is 2. The van der Waals surface area contributed by atoms with Crippen molar-refractivity contribution in [3.8, 4) is 0 Å². The Balaban J connectivity index is 1.80. The van der Waals surface area contributed by atoms with Gasteiger partial charge in [-0.2, -0.15) is 0 Å². The highest BCUT2D eigenvalue weighted by atomic mass is 32.1. The summed E-state index contributed by atoms with van der Waals surface area (Å²) in [6.45, 7) is 0.801. The van der Waals surface area contributed by atoms with Crippen molar-refractivity contribution in [2.45, 2.75) is 12.0 Å². The van der Waals surface area contributed by atoms with Gasteiger partial charge in [0.15, 0.2) is 0 Å². The second-order valence-corrected chi connectivity index (χ2v) is 7.73. The van der Waals surface area contributed by atoms with Crippen LogP contribution in [0.3, 0.4) is 0 Å². The SMILES string of the molecule is COCCN1C(=O)c2ccccc2[C@@H](C(=O)Nc2cccnc2)[C@H]1c1cccs1. The average Bonchev–Trinajstić information content (AvgIpc) is 3.28. The van der Waals surface area contributed by atoms with Crippen LogP contribution in [-0.2, 0) is 9.53 Å². The Morgan fingerprint density at radius 2 is 2.07 bits per heavy atom. The Morgan fingerprint density at radius 1 is 1.21 bits per heavy atom.